The number of nitrogens with zero attached hydrogens (tertiary/aromatic N) is 1. The Morgan fingerprint density at radius 1 is 0.903 bits per heavy atom. The molecule has 0 spiro atoms. The Morgan fingerprint density at radius 3 is 2.23 bits per heavy atom. The van der Waals surface area contributed by atoms with Crippen molar-refractivity contribution in [2.24, 2.45) is 5.92 Å². The first-order chi connectivity index (χ1) is 15.1. The number of rotatable bonds is 8. The number of para-hydroxylation sites is 1. The van der Waals surface area contributed by atoms with Gasteiger partial charge in [-0.25, -0.2) is 4.39 Å². The van der Waals surface area contributed by atoms with E-state index in [-0.39, 0.29) is 36.1 Å². The van der Waals surface area contributed by atoms with Crippen LogP contribution in [0.3, 0.4) is 0 Å². The van der Waals surface area contributed by atoms with Crippen LogP contribution >= 0.6 is 0 Å². The molecule has 31 heavy (non-hydrogen) atoms. The van der Waals surface area contributed by atoms with E-state index in [2.05, 4.69) is 12.1 Å². The van der Waals surface area contributed by atoms with Crippen molar-refractivity contribution >= 4 is 17.6 Å². The molecule has 5 heteroatoms. The SMILES string of the molecule is O=C(CC1C(CCCc2ccccc2)C(=O)N1c1ccc(F)cc1)Oc1ccccc1. The molecule has 1 amide bonds. The Bertz CT molecular complexity index is 1020. The van der Waals surface area contributed by atoms with Crippen LogP contribution in [0.2, 0.25) is 0 Å². The summed E-state index contributed by atoms with van der Waals surface area (Å²) in [6.45, 7) is 0. The van der Waals surface area contributed by atoms with Crippen molar-refractivity contribution in [2.75, 3.05) is 4.90 Å². The van der Waals surface area contributed by atoms with E-state index in [9.17, 15) is 14.0 Å². The molecule has 0 N–H and O–H groups in total. The molecule has 4 nitrogen and oxygen atoms in total. The average Bonchev–Trinajstić information content (AvgIpc) is 2.79. The fourth-order valence-electron chi connectivity index (χ4n) is 4.08. The number of benzene rings is 3. The second-order valence-electron chi connectivity index (χ2n) is 7.73. The van der Waals surface area contributed by atoms with Crippen LogP contribution in [0.15, 0.2) is 84.9 Å². The third-order valence-corrected chi connectivity index (χ3v) is 5.63. The predicted octanol–water partition coefficient (Wildman–Crippen LogP) is 5.18. The number of esters is 1. The van der Waals surface area contributed by atoms with Crippen molar-refractivity contribution in [3.8, 4) is 5.75 Å². The third kappa shape index (κ3) is 5.00. The number of amides is 1. The lowest BCUT2D eigenvalue weighted by Gasteiger charge is -2.47. The highest BCUT2D eigenvalue weighted by molar-refractivity contribution is 6.03. The second-order valence-corrected chi connectivity index (χ2v) is 7.73. The Morgan fingerprint density at radius 2 is 1.55 bits per heavy atom. The maximum atomic E-state index is 13.3. The van der Waals surface area contributed by atoms with E-state index in [1.165, 1.54) is 17.7 Å². The van der Waals surface area contributed by atoms with Crippen LogP contribution in [0, 0.1) is 11.7 Å². The van der Waals surface area contributed by atoms with Crippen LogP contribution in [0.25, 0.3) is 0 Å². The lowest BCUT2D eigenvalue weighted by molar-refractivity contribution is -0.138. The van der Waals surface area contributed by atoms with Gasteiger partial charge in [-0.1, -0.05) is 48.5 Å². The molecular formula is C26H24FNO3. The van der Waals surface area contributed by atoms with Crippen molar-refractivity contribution in [3.63, 3.8) is 0 Å². The zero-order chi connectivity index (χ0) is 21.6. The summed E-state index contributed by atoms with van der Waals surface area (Å²) in [6, 6.07) is 24.5. The van der Waals surface area contributed by atoms with Crippen molar-refractivity contribution in [1.29, 1.82) is 0 Å². The number of ether oxygens (including phenoxy) is 1. The van der Waals surface area contributed by atoms with Gasteiger partial charge in [0.05, 0.1) is 18.4 Å². The van der Waals surface area contributed by atoms with Crippen LogP contribution in [-0.2, 0) is 16.0 Å². The van der Waals surface area contributed by atoms with E-state index < -0.39 is 0 Å². The molecule has 1 aliphatic heterocycles. The molecule has 158 valence electrons. The molecule has 1 fully saturated rings. The van der Waals surface area contributed by atoms with Crippen LogP contribution in [0.1, 0.15) is 24.8 Å². The number of anilines is 1. The molecule has 0 radical (unpaired) electrons. The van der Waals surface area contributed by atoms with Gasteiger partial charge in [0.1, 0.15) is 11.6 Å². The molecule has 0 saturated carbocycles. The molecule has 2 unspecified atom stereocenters. The Balaban J connectivity index is 1.44. The standard InChI is InChI=1S/C26H24FNO3/c27-20-14-16-21(17-15-20)28-24(18-25(29)31-22-11-5-2-6-12-22)23(26(28)30)13-7-10-19-8-3-1-4-9-19/h1-6,8-9,11-12,14-17,23-24H,7,10,13,18H2. The number of hydrogen-bond donors (Lipinski definition) is 0. The van der Waals surface area contributed by atoms with Crippen molar-refractivity contribution < 1.29 is 18.7 Å². The van der Waals surface area contributed by atoms with E-state index >= 15 is 0 Å². The topological polar surface area (TPSA) is 46.6 Å². The monoisotopic (exact) mass is 417 g/mol. The van der Waals surface area contributed by atoms with Gasteiger partial charge in [0.15, 0.2) is 0 Å². The molecule has 1 heterocycles. The van der Waals surface area contributed by atoms with Crippen molar-refractivity contribution in [2.45, 2.75) is 31.7 Å². The number of carbonyl (C=O) groups is 2. The molecule has 3 aromatic carbocycles. The second kappa shape index (κ2) is 9.56. The van der Waals surface area contributed by atoms with Gasteiger partial charge in [-0.05, 0) is 61.2 Å². The predicted molar refractivity (Wildman–Crippen MR) is 117 cm³/mol. The van der Waals surface area contributed by atoms with E-state index in [1.54, 1.807) is 41.3 Å². The van der Waals surface area contributed by atoms with Crippen molar-refractivity contribution in [3.05, 3.63) is 96.3 Å². The van der Waals surface area contributed by atoms with Crippen molar-refractivity contribution in [1.82, 2.24) is 0 Å². The van der Waals surface area contributed by atoms with E-state index in [1.807, 2.05) is 24.3 Å². The highest BCUT2D eigenvalue weighted by atomic mass is 19.1. The molecule has 3 aromatic rings. The number of halogens is 1. The summed E-state index contributed by atoms with van der Waals surface area (Å²) in [5.74, 6) is -0.554. The third-order valence-electron chi connectivity index (χ3n) is 5.63. The summed E-state index contributed by atoms with van der Waals surface area (Å²) < 4.78 is 18.8. The van der Waals surface area contributed by atoms with Crippen LogP contribution in [0.5, 0.6) is 5.75 Å². The first-order valence-corrected chi connectivity index (χ1v) is 10.5. The summed E-state index contributed by atoms with van der Waals surface area (Å²) in [4.78, 5) is 27.1. The zero-order valence-electron chi connectivity index (χ0n) is 17.1. The van der Waals surface area contributed by atoms with Gasteiger partial charge >= 0.3 is 5.97 Å². The number of β-lactam (4-membered cyclic amide) rings is 1. The van der Waals surface area contributed by atoms with Gasteiger partial charge in [-0.3, -0.25) is 9.59 Å². The van der Waals surface area contributed by atoms with Gasteiger partial charge < -0.3 is 9.64 Å². The molecule has 2 atom stereocenters. The summed E-state index contributed by atoms with van der Waals surface area (Å²) in [7, 11) is 0. The number of carbonyl (C=O) groups excluding carboxylic acids is 2. The highest BCUT2D eigenvalue weighted by Crippen LogP contribution is 2.37. The normalized spacial score (nSPS) is 17.8. The quantitative estimate of drug-likeness (QED) is 0.288. The maximum absolute atomic E-state index is 13.3. The fourth-order valence-corrected chi connectivity index (χ4v) is 4.08. The van der Waals surface area contributed by atoms with Gasteiger partial charge in [0, 0.05) is 5.69 Å². The first-order valence-electron chi connectivity index (χ1n) is 10.5. The maximum Gasteiger partial charge on any atom is 0.313 e. The van der Waals surface area contributed by atoms with E-state index in [0.29, 0.717) is 17.9 Å². The molecule has 0 bridgehead atoms. The summed E-state index contributed by atoms with van der Waals surface area (Å²) >= 11 is 0. The molecule has 1 saturated heterocycles. The Labute approximate surface area is 181 Å². The fraction of sp³-hybridized carbons (Fsp3) is 0.231. The van der Waals surface area contributed by atoms with E-state index in [4.69, 9.17) is 4.74 Å². The lowest BCUT2D eigenvalue weighted by atomic mass is 9.80. The van der Waals surface area contributed by atoms with E-state index in [0.717, 1.165) is 12.8 Å². The van der Waals surface area contributed by atoms with Crippen LogP contribution in [0.4, 0.5) is 10.1 Å². The molecule has 4 rings (SSSR count). The molecular weight excluding hydrogens is 393 g/mol. The smallest absolute Gasteiger partial charge is 0.313 e. The van der Waals surface area contributed by atoms with Gasteiger partial charge in [-0.15, -0.1) is 0 Å². The minimum absolute atomic E-state index is 0.0304. The molecule has 0 aliphatic carbocycles. The Kier molecular flexibility index (Phi) is 6.41. The van der Waals surface area contributed by atoms with Gasteiger partial charge in [0.2, 0.25) is 5.91 Å². The van der Waals surface area contributed by atoms with Crippen LogP contribution < -0.4 is 9.64 Å². The first kappa shape index (κ1) is 20.8. The van der Waals surface area contributed by atoms with Crippen LogP contribution in [-0.4, -0.2) is 17.9 Å². The molecule has 0 aromatic heterocycles. The summed E-state index contributed by atoms with van der Waals surface area (Å²) in [5.41, 5.74) is 1.83. The minimum atomic E-state index is -0.385. The van der Waals surface area contributed by atoms with Gasteiger partial charge in [0.25, 0.3) is 0 Å². The highest BCUT2D eigenvalue weighted by Gasteiger charge is 2.48. The summed E-state index contributed by atoms with van der Waals surface area (Å²) in [6.07, 6.45) is 2.51. The number of hydrogen-bond acceptors (Lipinski definition) is 3. The largest absolute Gasteiger partial charge is 0.426 e. The average molecular weight is 417 g/mol. The minimum Gasteiger partial charge on any atom is -0.426 e. The lowest BCUT2D eigenvalue weighted by Crippen LogP contribution is -2.62. The summed E-state index contributed by atoms with van der Waals surface area (Å²) in [5, 5.41) is 0. The molecule has 1 aliphatic rings. The number of aryl methyl sites for hydroxylation is 1. The zero-order valence-corrected chi connectivity index (χ0v) is 17.1. The Hall–Kier alpha value is -3.47. The van der Waals surface area contributed by atoms with Gasteiger partial charge in [-0.2, -0.15) is 0 Å².